The molecular formula is C16H14FN5O3. The molecule has 25 heavy (non-hydrogen) atoms. The second-order valence-electron chi connectivity index (χ2n) is 4.85. The number of hydrogen-bond acceptors (Lipinski definition) is 6. The summed E-state index contributed by atoms with van der Waals surface area (Å²) < 4.78 is 13.4. The Labute approximate surface area is 142 Å². The molecule has 8 nitrogen and oxygen atoms in total. The van der Waals surface area contributed by atoms with Crippen LogP contribution in [0.4, 0.5) is 15.8 Å². The standard InChI is InChI=1S/C16H14FN5O3/c1-11(19-21-16(23)14-4-2-3-5-15(14)17)10-18-20-12-6-8-13(9-7-12)22(24)25/h2-10,20H,1H3,(H,21,23)/b18-10+,19-11+. The summed E-state index contributed by atoms with van der Waals surface area (Å²) in [6.45, 7) is 1.59. The SMILES string of the molecule is CC(/C=N/Nc1ccc([N+](=O)[O-])cc1)=N\NC(=O)c1ccccc1F. The van der Waals surface area contributed by atoms with Crippen LogP contribution in [0.5, 0.6) is 0 Å². The zero-order valence-corrected chi connectivity index (χ0v) is 13.1. The molecule has 0 heterocycles. The van der Waals surface area contributed by atoms with Gasteiger partial charge in [0.2, 0.25) is 0 Å². The van der Waals surface area contributed by atoms with Gasteiger partial charge in [-0.3, -0.25) is 20.3 Å². The van der Waals surface area contributed by atoms with E-state index in [1.165, 1.54) is 48.7 Å². The van der Waals surface area contributed by atoms with Crippen molar-refractivity contribution in [1.29, 1.82) is 0 Å². The summed E-state index contributed by atoms with van der Waals surface area (Å²) in [6.07, 6.45) is 1.34. The highest BCUT2D eigenvalue weighted by molar-refractivity contribution is 6.29. The van der Waals surface area contributed by atoms with E-state index in [0.717, 1.165) is 0 Å². The average Bonchev–Trinajstić information content (AvgIpc) is 2.60. The molecule has 128 valence electrons. The average molecular weight is 343 g/mol. The van der Waals surface area contributed by atoms with Gasteiger partial charge in [0.25, 0.3) is 11.6 Å². The number of halogens is 1. The molecule has 0 unspecified atom stereocenters. The van der Waals surface area contributed by atoms with Gasteiger partial charge in [-0.1, -0.05) is 12.1 Å². The van der Waals surface area contributed by atoms with Gasteiger partial charge in [0.1, 0.15) is 5.82 Å². The fraction of sp³-hybridized carbons (Fsp3) is 0.0625. The second kappa shape index (κ2) is 8.29. The lowest BCUT2D eigenvalue weighted by Gasteiger charge is -2.02. The summed E-state index contributed by atoms with van der Waals surface area (Å²) in [7, 11) is 0. The van der Waals surface area contributed by atoms with Crippen LogP contribution in [0.3, 0.4) is 0 Å². The van der Waals surface area contributed by atoms with E-state index in [9.17, 15) is 19.3 Å². The number of non-ortho nitro benzene ring substituents is 1. The topological polar surface area (TPSA) is 109 Å². The summed E-state index contributed by atoms with van der Waals surface area (Å²) in [4.78, 5) is 21.8. The lowest BCUT2D eigenvalue weighted by molar-refractivity contribution is -0.384. The van der Waals surface area contributed by atoms with Crippen molar-refractivity contribution >= 4 is 29.2 Å². The molecule has 0 bridgehead atoms. The number of rotatable bonds is 6. The molecule has 0 aliphatic carbocycles. The lowest BCUT2D eigenvalue weighted by atomic mass is 10.2. The molecule has 0 radical (unpaired) electrons. The molecule has 0 atom stereocenters. The van der Waals surface area contributed by atoms with Crippen molar-refractivity contribution in [2.24, 2.45) is 10.2 Å². The Kier molecular flexibility index (Phi) is 5.88. The number of amides is 1. The second-order valence-corrected chi connectivity index (χ2v) is 4.85. The molecular weight excluding hydrogens is 329 g/mol. The fourth-order valence-electron chi connectivity index (χ4n) is 1.73. The van der Waals surface area contributed by atoms with Crippen molar-refractivity contribution < 1.29 is 14.1 Å². The van der Waals surface area contributed by atoms with Gasteiger partial charge in [-0.05, 0) is 31.2 Å². The summed E-state index contributed by atoms with van der Waals surface area (Å²) in [5.41, 5.74) is 5.66. The molecule has 2 aromatic rings. The molecule has 0 saturated carbocycles. The highest BCUT2D eigenvalue weighted by atomic mass is 19.1. The third-order valence-electron chi connectivity index (χ3n) is 2.98. The quantitative estimate of drug-likeness (QED) is 0.477. The highest BCUT2D eigenvalue weighted by Gasteiger charge is 2.09. The predicted molar refractivity (Wildman–Crippen MR) is 92.2 cm³/mol. The van der Waals surface area contributed by atoms with Gasteiger partial charge in [-0.2, -0.15) is 10.2 Å². The summed E-state index contributed by atoms with van der Waals surface area (Å²) in [5, 5.41) is 18.2. The predicted octanol–water partition coefficient (Wildman–Crippen LogP) is 2.94. The Hall–Kier alpha value is -3.62. The Morgan fingerprint density at radius 2 is 1.88 bits per heavy atom. The van der Waals surface area contributed by atoms with Crippen molar-refractivity contribution in [1.82, 2.24) is 5.43 Å². The van der Waals surface area contributed by atoms with Gasteiger partial charge >= 0.3 is 0 Å². The van der Waals surface area contributed by atoms with Crippen LogP contribution in [0, 0.1) is 15.9 Å². The molecule has 0 saturated heterocycles. The van der Waals surface area contributed by atoms with E-state index in [2.05, 4.69) is 21.1 Å². The van der Waals surface area contributed by atoms with Crippen LogP contribution in [0.25, 0.3) is 0 Å². The number of hydrogen-bond donors (Lipinski definition) is 2. The van der Waals surface area contributed by atoms with Crippen LogP contribution < -0.4 is 10.9 Å². The number of nitrogens with one attached hydrogen (secondary N) is 2. The molecule has 2 aromatic carbocycles. The minimum Gasteiger partial charge on any atom is -0.278 e. The number of benzene rings is 2. The molecule has 9 heteroatoms. The van der Waals surface area contributed by atoms with E-state index in [4.69, 9.17) is 0 Å². The maximum absolute atomic E-state index is 13.4. The first-order chi connectivity index (χ1) is 12.0. The Bertz CT molecular complexity index is 834. The summed E-state index contributed by atoms with van der Waals surface area (Å²) in [5.74, 6) is -1.31. The molecule has 0 aliphatic rings. The molecule has 2 N–H and O–H groups in total. The third-order valence-corrected chi connectivity index (χ3v) is 2.98. The molecule has 0 aliphatic heterocycles. The van der Waals surface area contributed by atoms with Crippen LogP contribution in [0.2, 0.25) is 0 Å². The van der Waals surface area contributed by atoms with E-state index in [1.54, 1.807) is 13.0 Å². The zero-order valence-electron chi connectivity index (χ0n) is 13.1. The van der Waals surface area contributed by atoms with Crippen LogP contribution in [-0.2, 0) is 0 Å². The highest BCUT2D eigenvalue weighted by Crippen LogP contribution is 2.15. The molecule has 2 rings (SSSR count). The van der Waals surface area contributed by atoms with Crippen LogP contribution in [-0.4, -0.2) is 22.8 Å². The van der Waals surface area contributed by atoms with E-state index >= 15 is 0 Å². The lowest BCUT2D eigenvalue weighted by Crippen LogP contribution is -2.20. The maximum Gasteiger partial charge on any atom is 0.274 e. The maximum atomic E-state index is 13.4. The number of anilines is 1. The van der Waals surface area contributed by atoms with Crippen LogP contribution >= 0.6 is 0 Å². The Balaban J connectivity index is 1.90. The normalized spacial score (nSPS) is 11.4. The smallest absolute Gasteiger partial charge is 0.274 e. The first-order valence-electron chi connectivity index (χ1n) is 7.10. The number of hydrazone groups is 2. The van der Waals surface area contributed by atoms with Crippen molar-refractivity contribution in [3.63, 3.8) is 0 Å². The molecule has 0 fully saturated rings. The van der Waals surface area contributed by atoms with Gasteiger partial charge in [-0.15, -0.1) is 0 Å². The fourth-order valence-corrected chi connectivity index (χ4v) is 1.73. The van der Waals surface area contributed by atoms with Crippen molar-refractivity contribution in [2.75, 3.05) is 5.43 Å². The number of carbonyl (C=O) groups excluding carboxylic acids is 1. The van der Waals surface area contributed by atoms with Gasteiger partial charge in [0.15, 0.2) is 0 Å². The minimum atomic E-state index is -0.672. The van der Waals surface area contributed by atoms with Crippen LogP contribution in [0.15, 0.2) is 58.7 Å². The van der Waals surface area contributed by atoms with Gasteiger partial charge in [-0.25, -0.2) is 9.82 Å². The van der Waals surface area contributed by atoms with Gasteiger partial charge in [0, 0.05) is 12.1 Å². The van der Waals surface area contributed by atoms with E-state index in [0.29, 0.717) is 11.4 Å². The molecule has 0 spiro atoms. The van der Waals surface area contributed by atoms with Crippen molar-refractivity contribution in [3.8, 4) is 0 Å². The van der Waals surface area contributed by atoms with E-state index in [-0.39, 0.29) is 11.3 Å². The third kappa shape index (κ3) is 5.20. The summed E-state index contributed by atoms with van der Waals surface area (Å²) >= 11 is 0. The number of carbonyl (C=O) groups is 1. The molecule has 0 aromatic heterocycles. The van der Waals surface area contributed by atoms with Gasteiger partial charge in [0.05, 0.1) is 28.1 Å². The minimum absolute atomic E-state index is 0.0249. The zero-order chi connectivity index (χ0) is 18.2. The molecule has 1 amide bonds. The van der Waals surface area contributed by atoms with Gasteiger partial charge < -0.3 is 0 Å². The first-order valence-corrected chi connectivity index (χ1v) is 7.10. The monoisotopic (exact) mass is 343 g/mol. The largest absolute Gasteiger partial charge is 0.278 e. The number of nitrogens with zero attached hydrogens (tertiary/aromatic N) is 3. The van der Waals surface area contributed by atoms with Crippen molar-refractivity contribution in [3.05, 3.63) is 70.0 Å². The Morgan fingerprint density at radius 3 is 2.52 bits per heavy atom. The van der Waals surface area contributed by atoms with Crippen molar-refractivity contribution in [2.45, 2.75) is 6.92 Å². The number of nitro benzene ring substituents is 1. The number of nitro groups is 1. The first kappa shape index (κ1) is 17.7. The van der Waals surface area contributed by atoms with E-state index < -0.39 is 16.6 Å². The van der Waals surface area contributed by atoms with Crippen LogP contribution in [0.1, 0.15) is 17.3 Å². The summed E-state index contributed by atoms with van der Waals surface area (Å²) in [6, 6.07) is 11.2. The Morgan fingerprint density at radius 1 is 1.20 bits per heavy atom. The van der Waals surface area contributed by atoms with E-state index in [1.807, 2.05) is 0 Å².